The third-order valence-electron chi connectivity index (χ3n) is 6.79. The fourth-order valence-corrected chi connectivity index (χ4v) is 7.98. The lowest BCUT2D eigenvalue weighted by Crippen LogP contribution is -2.61. The monoisotopic (exact) mass is 902 g/mol. The number of aliphatic hydroxyl groups is 2. The van der Waals surface area contributed by atoms with Crippen LogP contribution in [0.4, 0.5) is 71.5 Å². The van der Waals surface area contributed by atoms with Crippen molar-refractivity contribution < 1.29 is 76.1 Å². The van der Waals surface area contributed by atoms with Gasteiger partial charge in [0.2, 0.25) is 0 Å². The van der Waals surface area contributed by atoms with Crippen molar-refractivity contribution in [2.75, 3.05) is 13.9 Å². The molecular weight excluding hydrogens is 887 g/mol. The van der Waals surface area contributed by atoms with Crippen molar-refractivity contribution >= 4 is 56.6 Å². The van der Waals surface area contributed by atoms with Crippen molar-refractivity contribution in [2.24, 2.45) is 16.4 Å². The molecule has 45 heavy (non-hydrogen) atoms. The van der Waals surface area contributed by atoms with Crippen LogP contribution in [0.2, 0.25) is 0 Å². The molecule has 2 aromatic carbocycles. The number of hydrazone groups is 1. The van der Waals surface area contributed by atoms with Crippen LogP contribution in [-0.4, -0.2) is 43.3 Å². The van der Waals surface area contributed by atoms with E-state index < -0.39 is 109 Å². The highest BCUT2D eigenvalue weighted by Crippen LogP contribution is 2.53. The fraction of sp³-hybridized carbons (Fsp3) is 0.458. The molecule has 21 heteroatoms. The minimum Gasteiger partial charge on any atom is -0.383 e. The van der Waals surface area contributed by atoms with Gasteiger partial charge in [-0.05, 0) is 47.9 Å². The van der Waals surface area contributed by atoms with E-state index in [2.05, 4.69) is 5.10 Å². The molecule has 4 nitrogen and oxygen atoms in total. The van der Waals surface area contributed by atoms with Crippen LogP contribution < -0.4 is 5.01 Å². The van der Waals surface area contributed by atoms with Crippen molar-refractivity contribution in [3.05, 3.63) is 64.2 Å². The molecule has 2 N–H and O–H groups in total. The van der Waals surface area contributed by atoms with Crippen LogP contribution in [0.3, 0.4) is 0 Å². The molecular formula is C24H15F15I2N2O2. The van der Waals surface area contributed by atoms with Crippen LogP contribution in [-0.2, 0) is 24.7 Å². The first-order valence-corrected chi connectivity index (χ1v) is 14.8. The molecule has 1 heterocycles. The van der Waals surface area contributed by atoms with Gasteiger partial charge in [-0.1, -0.05) is 45.2 Å². The maximum atomic E-state index is 14.3. The molecule has 1 aliphatic heterocycles. The summed E-state index contributed by atoms with van der Waals surface area (Å²) in [5.74, 6) is -1.76. The lowest BCUT2D eigenvalue weighted by Gasteiger charge is -2.44. The molecule has 0 saturated heterocycles. The Hall–Kier alpha value is -1.76. The second-order valence-electron chi connectivity index (χ2n) is 9.61. The Bertz CT molecular complexity index is 1370. The number of rotatable bonds is 6. The Morgan fingerprint density at radius 2 is 1.02 bits per heavy atom. The average molecular weight is 902 g/mol. The van der Waals surface area contributed by atoms with Crippen molar-refractivity contribution in [3.63, 3.8) is 0 Å². The summed E-state index contributed by atoms with van der Waals surface area (Å²) >= 11 is 2.83. The first-order chi connectivity index (χ1) is 20.2. The predicted octanol–water partition coefficient (Wildman–Crippen LogP) is 8.70. The predicted molar refractivity (Wildman–Crippen MR) is 144 cm³/mol. The topological polar surface area (TPSA) is 56.1 Å². The van der Waals surface area contributed by atoms with Crippen LogP contribution >= 0.6 is 45.2 Å². The summed E-state index contributed by atoms with van der Waals surface area (Å²) in [4.78, 5) is 0. The zero-order valence-electron chi connectivity index (χ0n) is 21.3. The zero-order valence-corrected chi connectivity index (χ0v) is 25.6. The molecule has 0 aliphatic carbocycles. The van der Waals surface area contributed by atoms with Gasteiger partial charge in [-0.25, -0.2) is 5.01 Å². The number of anilines is 1. The zero-order chi connectivity index (χ0) is 34.7. The van der Waals surface area contributed by atoms with Crippen LogP contribution in [0.5, 0.6) is 0 Å². The summed E-state index contributed by atoms with van der Waals surface area (Å²) in [5, 5.41) is 25.2. The van der Waals surface area contributed by atoms with Gasteiger partial charge in [0, 0.05) is 8.86 Å². The molecule has 0 bridgehead atoms. The summed E-state index contributed by atoms with van der Waals surface area (Å²) < 4.78 is 205. The third kappa shape index (κ3) is 7.38. The normalized spacial score (nSPS) is 21.0. The molecule has 3 unspecified atom stereocenters. The molecule has 0 saturated carbocycles. The van der Waals surface area contributed by atoms with Crippen LogP contribution in [0.15, 0.2) is 41.5 Å². The lowest BCUT2D eigenvalue weighted by molar-refractivity contribution is -0.244. The van der Waals surface area contributed by atoms with E-state index >= 15 is 0 Å². The highest BCUT2D eigenvalue weighted by Gasteiger charge is 2.67. The molecule has 0 aromatic heterocycles. The smallest absolute Gasteiger partial charge is 0.383 e. The van der Waals surface area contributed by atoms with E-state index in [9.17, 15) is 76.1 Å². The van der Waals surface area contributed by atoms with Crippen LogP contribution in [0, 0.1) is 11.3 Å². The van der Waals surface area contributed by atoms with E-state index in [-0.39, 0.29) is 35.3 Å². The van der Waals surface area contributed by atoms with Crippen molar-refractivity contribution in [3.8, 4) is 0 Å². The second-order valence-corrected chi connectivity index (χ2v) is 11.4. The Morgan fingerprint density at radius 3 is 1.33 bits per heavy atom. The van der Waals surface area contributed by atoms with E-state index in [4.69, 9.17) is 0 Å². The number of nitrogens with zero attached hydrogens (tertiary/aromatic N) is 2. The van der Waals surface area contributed by atoms with Gasteiger partial charge in [0.1, 0.15) is 5.41 Å². The molecule has 3 atom stereocenters. The largest absolute Gasteiger partial charge is 0.416 e. The van der Waals surface area contributed by atoms with Crippen LogP contribution in [0.1, 0.15) is 27.8 Å². The second kappa shape index (κ2) is 12.4. The molecule has 1 aliphatic rings. The highest BCUT2D eigenvalue weighted by atomic mass is 127. The molecule has 3 rings (SSSR count). The highest BCUT2D eigenvalue weighted by molar-refractivity contribution is 14.1. The SMILES string of the molecule is OC1N(c2cc(C(F)(F)F)cc(C(F)(F)F)c2)N=C(c2cc(C(F)(F)F)cc(C(F)(F)F)c2)C1(C(CI)CI)C(O)C(F)(F)F. The van der Waals surface area contributed by atoms with E-state index in [1.807, 2.05) is 0 Å². The Balaban J connectivity index is 2.56. The van der Waals surface area contributed by atoms with E-state index in [0.717, 1.165) is 0 Å². The minimum absolute atomic E-state index is 0.0774. The number of hydrogen-bond donors (Lipinski definition) is 2. The molecule has 0 fully saturated rings. The molecule has 2 aromatic rings. The fourth-order valence-electron chi connectivity index (χ4n) is 4.71. The van der Waals surface area contributed by atoms with Gasteiger partial charge >= 0.3 is 30.9 Å². The number of halogens is 17. The average Bonchev–Trinajstić information content (AvgIpc) is 3.19. The number of aliphatic hydroxyl groups excluding tert-OH is 2. The summed E-state index contributed by atoms with van der Waals surface area (Å²) in [5.41, 5.74) is -16.0. The summed E-state index contributed by atoms with van der Waals surface area (Å²) in [6, 6.07) is -1.11. The van der Waals surface area contributed by atoms with Gasteiger partial charge in [-0.2, -0.15) is 71.0 Å². The molecule has 0 amide bonds. The Kier molecular flexibility index (Phi) is 10.4. The first-order valence-electron chi connectivity index (χ1n) is 11.7. The molecule has 0 radical (unpaired) electrons. The van der Waals surface area contributed by atoms with Crippen molar-refractivity contribution in [1.82, 2.24) is 0 Å². The minimum atomic E-state index is -5.81. The van der Waals surface area contributed by atoms with Crippen molar-refractivity contribution in [2.45, 2.75) is 43.2 Å². The van der Waals surface area contributed by atoms with Gasteiger partial charge in [-0.15, -0.1) is 0 Å². The third-order valence-corrected chi connectivity index (χ3v) is 8.91. The molecule has 252 valence electrons. The summed E-state index contributed by atoms with van der Waals surface area (Å²) in [7, 11) is 0. The summed E-state index contributed by atoms with van der Waals surface area (Å²) in [6.45, 7) is 0. The Morgan fingerprint density at radius 1 is 0.667 bits per heavy atom. The molecule has 0 spiro atoms. The Labute approximate surface area is 269 Å². The quantitative estimate of drug-likeness (QED) is 0.174. The first kappa shape index (κ1) is 37.7. The standard InChI is InChI=1S/C24H15F15I2N2O2/c25-20(26,27)10-1-9(2-11(3-10)21(28,29)30)16-19(14(7-40)8-41,17(44)24(37,38)39)18(45)43(42-16)15-5-12(22(31,32)33)4-13(6-15)23(34,35)36/h1-6,14,17-18,44-45H,7-8H2. The van der Waals surface area contributed by atoms with Gasteiger partial charge < -0.3 is 10.2 Å². The van der Waals surface area contributed by atoms with Gasteiger partial charge in [0.15, 0.2) is 12.3 Å². The van der Waals surface area contributed by atoms with E-state index in [0.29, 0.717) is 0 Å². The maximum Gasteiger partial charge on any atom is 0.416 e. The van der Waals surface area contributed by atoms with E-state index in [1.165, 1.54) is 45.2 Å². The number of alkyl halides is 17. The number of hydrogen-bond acceptors (Lipinski definition) is 4. The summed E-state index contributed by atoms with van der Waals surface area (Å²) in [6.07, 6.45) is -34.9. The maximum absolute atomic E-state index is 14.3. The van der Waals surface area contributed by atoms with Crippen LogP contribution in [0.25, 0.3) is 0 Å². The lowest BCUT2D eigenvalue weighted by atomic mass is 9.65. The van der Waals surface area contributed by atoms with Crippen molar-refractivity contribution in [1.29, 1.82) is 0 Å². The van der Waals surface area contributed by atoms with Gasteiger partial charge in [0.25, 0.3) is 0 Å². The van der Waals surface area contributed by atoms with E-state index in [1.54, 1.807) is 0 Å². The van der Waals surface area contributed by atoms with Gasteiger partial charge in [-0.3, -0.25) is 0 Å². The van der Waals surface area contributed by atoms with Gasteiger partial charge in [0.05, 0.1) is 33.7 Å². The number of benzene rings is 2.